The van der Waals surface area contributed by atoms with Crippen molar-refractivity contribution in [1.82, 2.24) is 0 Å². The first-order chi connectivity index (χ1) is 5.81. The lowest BCUT2D eigenvalue weighted by Gasteiger charge is -1.95. The van der Waals surface area contributed by atoms with Crippen molar-refractivity contribution in [3.8, 4) is 0 Å². The molecule has 0 aromatic rings. The van der Waals surface area contributed by atoms with Crippen LogP contribution in [0.3, 0.4) is 0 Å². The first-order valence-corrected chi connectivity index (χ1v) is 6.97. The molecule has 0 bridgehead atoms. The number of hydrogen-bond donors (Lipinski definition) is 0. The van der Waals surface area contributed by atoms with Crippen LogP contribution in [0.2, 0.25) is 6.55 Å². The fraction of sp³-hybridized carbons (Fsp3) is 0.800. The summed E-state index contributed by atoms with van der Waals surface area (Å²) >= 11 is 0. The summed E-state index contributed by atoms with van der Waals surface area (Å²) < 4.78 is 4.60. The Kier molecular flexibility index (Phi) is 8.67. The molecule has 0 atom stereocenters. The fourth-order valence-corrected chi connectivity index (χ4v) is 2.19. The number of unbranched alkanes of at least 4 members (excludes halogenated alkanes) is 3. The predicted octanol–water partition coefficient (Wildman–Crippen LogP) is 3.57. The number of allylic oxidation sites excluding steroid dienone is 1. The van der Waals surface area contributed by atoms with Crippen molar-refractivity contribution in [2.45, 2.75) is 46.1 Å². The van der Waals surface area contributed by atoms with Crippen molar-refractivity contribution in [2.75, 3.05) is 6.54 Å². The molecule has 0 aliphatic heterocycles. The Hall–Kier alpha value is -0.243. The van der Waals surface area contributed by atoms with E-state index in [4.69, 9.17) is 0 Å². The van der Waals surface area contributed by atoms with Gasteiger partial charge in [0.15, 0.2) is 0 Å². The van der Waals surface area contributed by atoms with Gasteiger partial charge in [-0.3, -0.25) is 0 Å². The molecule has 0 heterocycles. The van der Waals surface area contributed by atoms with Gasteiger partial charge in [0.25, 0.3) is 0 Å². The normalized spacial score (nSPS) is 12.8. The molecule has 0 aromatic carbocycles. The minimum atomic E-state index is -0.483. The van der Waals surface area contributed by atoms with Crippen LogP contribution < -0.4 is 0 Å². The number of nitrogens with zero attached hydrogens (tertiary/aromatic N) is 1. The number of hydrogen-bond acceptors (Lipinski definition) is 1. The molecule has 0 rings (SSSR count). The van der Waals surface area contributed by atoms with Crippen LogP contribution in [0.5, 0.6) is 0 Å². The van der Waals surface area contributed by atoms with E-state index in [0.29, 0.717) is 0 Å². The van der Waals surface area contributed by atoms with E-state index in [-0.39, 0.29) is 0 Å². The maximum atomic E-state index is 4.60. The third-order valence-electron chi connectivity index (χ3n) is 1.78. The zero-order valence-corrected chi connectivity index (χ0v) is 9.64. The Labute approximate surface area is 78.2 Å². The monoisotopic (exact) mass is 183 g/mol. The molecule has 0 saturated carbocycles. The van der Waals surface area contributed by atoms with Crippen molar-refractivity contribution in [1.29, 1.82) is 0 Å². The van der Waals surface area contributed by atoms with Crippen molar-refractivity contribution >= 4 is 8.59 Å². The van der Waals surface area contributed by atoms with E-state index in [1.807, 2.05) is 0 Å². The van der Waals surface area contributed by atoms with E-state index in [1.165, 1.54) is 25.7 Å². The van der Waals surface area contributed by atoms with E-state index in [9.17, 15) is 0 Å². The Morgan fingerprint density at radius 2 is 2.00 bits per heavy atom. The maximum Gasteiger partial charge on any atom is 0.144 e. The van der Waals surface area contributed by atoms with E-state index in [0.717, 1.165) is 6.54 Å². The van der Waals surface area contributed by atoms with Crippen LogP contribution >= 0.6 is 0 Å². The molecule has 0 radical (unpaired) electrons. The van der Waals surface area contributed by atoms with E-state index >= 15 is 0 Å². The third kappa shape index (κ3) is 7.86. The van der Waals surface area contributed by atoms with Crippen LogP contribution in [-0.4, -0.2) is 15.1 Å². The summed E-state index contributed by atoms with van der Waals surface area (Å²) in [5.74, 6) is 0. The van der Waals surface area contributed by atoms with Crippen molar-refractivity contribution in [3.63, 3.8) is 0 Å². The van der Waals surface area contributed by atoms with Crippen molar-refractivity contribution in [2.24, 2.45) is 4.63 Å². The lowest BCUT2D eigenvalue weighted by atomic mass is 10.2. The van der Waals surface area contributed by atoms with Gasteiger partial charge in [0, 0.05) is 6.54 Å². The minimum Gasteiger partial charge on any atom is -0.332 e. The molecular weight excluding hydrogens is 162 g/mol. The minimum absolute atomic E-state index is 0.483. The highest BCUT2D eigenvalue weighted by Gasteiger charge is 1.86. The second-order valence-corrected chi connectivity index (χ2v) is 5.02. The molecule has 0 aliphatic rings. The molecule has 0 spiro atoms. The summed E-state index contributed by atoms with van der Waals surface area (Å²) in [5.41, 5.74) is 2.24. The van der Waals surface area contributed by atoms with Gasteiger partial charge in [0.1, 0.15) is 8.59 Å². The number of rotatable bonds is 6. The lowest BCUT2D eigenvalue weighted by molar-refractivity contribution is 0.676. The van der Waals surface area contributed by atoms with Crippen LogP contribution in [-0.2, 0) is 0 Å². The molecule has 0 aromatic heterocycles. The van der Waals surface area contributed by atoms with E-state index < -0.39 is 8.59 Å². The van der Waals surface area contributed by atoms with Gasteiger partial charge in [0.05, 0.1) is 0 Å². The fourth-order valence-electron chi connectivity index (χ4n) is 1.09. The van der Waals surface area contributed by atoms with Crippen molar-refractivity contribution in [3.05, 3.63) is 11.8 Å². The zero-order valence-electron chi connectivity index (χ0n) is 8.64. The summed E-state index contributed by atoms with van der Waals surface area (Å²) in [4.78, 5) is 0. The largest absolute Gasteiger partial charge is 0.332 e. The second-order valence-electron chi connectivity index (χ2n) is 3.08. The van der Waals surface area contributed by atoms with E-state index in [1.54, 1.807) is 0 Å². The highest BCUT2D eigenvalue weighted by Crippen LogP contribution is 1.98. The third-order valence-corrected chi connectivity index (χ3v) is 3.32. The quantitative estimate of drug-likeness (QED) is 0.441. The molecule has 0 N–H and O–H groups in total. The summed E-state index contributed by atoms with van der Waals surface area (Å²) in [6.45, 7) is 7.63. The SMILES string of the molecule is CC=C[Si](C)=NCCCCCC. The van der Waals surface area contributed by atoms with E-state index in [2.05, 4.69) is 36.8 Å². The Bertz CT molecular complexity index is 150. The molecule has 0 amide bonds. The van der Waals surface area contributed by atoms with Crippen LogP contribution in [0.25, 0.3) is 0 Å². The van der Waals surface area contributed by atoms with Crippen LogP contribution in [0, 0.1) is 0 Å². The molecule has 0 unspecified atom stereocenters. The molecule has 1 nitrogen and oxygen atoms in total. The molecule has 70 valence electrons. The average molecular weight is 183 g/mol. The molecule has 2 heteroatoms. The standard InChI is InChI=1S/C10H21NSi/c1-4-6-7-8-9-11-12(3)10-5-2/h5,10H,4,6-9H2,1-3H3. The van der Waals surface area contributed by atoms with Crippen molar-refractivity contribution < 1.29 is 0 Å². The van der Waals surface area contributed by atoms with Gasteiger partial charge in [-0.1, -0.05) is 38.0 Å². The second kappa shape index (κ2) is 8.85. The molecule has 12 heavy (non-hydrogen) atoms. The topological polar surface area (TPSA) is 12.4 Å². The highest BCUT2D eigenvalue weighted by molar-refractivity contribution is 6.51. The maximum absolute atomic E-state index is 4.60. The van der Waals surface area contributed by atoms with Gasteiger partial charge in [-0.05, 0) is 19.9 Å². The summed E-state index contributed by atoms with van der Waals surface area (Å²) in [7, 11) is -0.483. The van der Waals surface area contributed by atoms with Crippen LogP contribution in [0.4, 0.5) is 0 Å². The average Bonchev–Trinajstić information content (AvgIpc) is 2.05. The van der Waals surface area contributed by atoms with Gasteiger partial charge in [-0.15, -0.1) is 0 Å². The Balaban J connectivity index is 3.33. The Morgan fingerprint density at radius 3 is 2.58 bits per heavy atom. The van der Waals surface area contributed by atoms with Gasteiger partial charge < -0.3 is 4.63 Å². The van der Waals surface area contributed by atoms with Gasteiger partial charge in [-0.2, -0.15) is 0 Å². The summed E-state index contributed by atoms with van der Waals surface area (Å²) in [5, 5.41) is 0. The smallest absolute Gasteiger partial charge is 0.144 e. The van der Waals surface area contributed by atoms with Crippen LogP contribution in [0.1, 0.15) is 39.5 Å². The molecule has 0 aliphatic carbocycles. The first-order valence-electron chi connectivity index (χ1n) is 4.95. The van der Waals surface area contributed by atoms with Crippen LogP contribution in [0.15, 0.2) is 16.4 Å². The Morgan fingerprint density at radius 1 is 1.25 bits per heavy atom. The lowest BCUT2D eigenvalue weighted by Crippen LogP contribution is -1.91. The highest BCUT2D eigenvalue weighted by atomic mass is 28.2. The first kappa shape index (κ1) is 11.8. The van der Waals surface area contributed by atoms with Gasteiger partial charge >= 0.3 is 0 Å². The molecule has 0 fully saturated rings. The molecular formula is C10H21NSi. The van der Waals surface area contributed by atoms with Gasteiger partial charge in [-0.25, -0.2) is 0 Å². The predicted molar refractivity (Wildman–Crippen MR) is 57.9 cm³/mol. The zero-order chi connectivity index (χ0) is 9.23. The summed E-state index contributed by atoms with van der Waals surface area (Å²) in [6, 6.07) is 0. The van der Waals surface area contributed by atoms with Gasteiger partial charge in [0.2, 0.25) is 0 Å². The molecule has 0 saturated heterocycles. The summed E-state index contributed by atoms with van der Waals surface area (Å²) in [6.07, 6.45) is 7.44.